The van der Waals surface area contributed by atoms with Gasteiger partial charge in [0.25, 0.3) is 6.33 Å². The van der Waals surface area contributed by atoms with Gasteiger partial charge in [0.15, 0.2) is 12.2 Å². The second-order valence-corrected chi connectivity index (χ2v) is 5.03. The van der Waals surface area contributed by atoms with Crippen molar-refractivity contribution < 1.29 is 18.1 Å². The Bertz CT molecular complexity index is 830. The SMILES string of the molecule is O=C(C[n+]1ccc(-c2ccccc2F)nc1)c1ccc(F)cc1. The maximum Gasteiger partial charge on any atom is 0.287 e. The average molecular weight is 311 g/mol. The number of ketones is 1. The van der Waals surface area contributed by atoms with Gasteiger partial charge in [-0.2, -0.15) is 0 Å². The third-order valence-electron chi connectivity index (χ3n) is 3.41. The monoisotopic (exact) mass is 311 g/mol. The highest BCUT2D eigenvalue weighted by molar-refractivity contribution is 5.94. The van der Waals surface area contributed by atoms with Crippen molar-refractivity contribution in [2.75, 3.05) is 0 Å². The first-order valence-corrected chi connectivity index (χ1v) is 7.02. The molecule has 0 saturated heterocycles. The number of aromatic nitrogens is 2. The van der Waals surface area contributed by atoms with Crippen LogP contribution in [0.4, 0.5) is 8.78 Å². The molecule has 0 bridgehead atoms. The zero-order chi connectivity index (χ0) is 16.2. The number of rotatable bonds is 4. The highest BCUT2D eigenvalue weighted by Crippen LogP contribution is 2.18. The Morgan fingerprint density at radius 2 is 1.74 bits per heavy atom. The minimum Gasteiger partial charge on any atom is -0.290 e. The molecular weight excluding hydrogens is 298 g/mol. The summed E-state index contributed by atoms with van der Waals surface area (Å²) in [6.45, 7) is 0.0795. The van der Waals surface area contributed by atoms with Gasteiger partial charge in [-0.15, -0.1) is 0 Å². The number of halogens is 2. The predicted octanol–water partition coefficient (Wildman–Crippen LogP) is 3.20. The minimum atomic E-state index is -0.384. The van der Waals surface area contributed by atoms with E-state index >= 15 is 0 Å². The summed E-state index contributed by atoms with van der Waals surface area (Å²) in [5.74, 6) is -0.888. The molecule has 1 aromatic heterocycles. The Balaban J connectivity index is 1.76. The zero-order valence-corrected chi connectivity index (χ0v) is 12.1. The van der Waals surface area contributed by atoms with Crippen LogP contribution in [0.25, 0.3) is 11.3 Å². The molecule has 5 heteroatoms. The van der Waals surface area contributed by atoms with Crippen LogP contribution in [0.2, 0.25) is 0 Å². The summed E-state index contributed by atoms with van der Waals surface area (Å²) in [4.78, 5) is 16.3. The quantitative estimate of drug-likeness (QED) is 0.548. The van der Waals surface area contributed by atoms with Crippen LogP contribution in [-0.2, 0) is 6.54 Å². The lowest BCUT2D eigenvalue weighted by molar-refractivity contribution is -0.686. The van der Waals surface area contributed by atoms with E-state index in [-0.39, 0.29) is 24.0 Å². The van der Waals surface area contributed by atoms with Gasteiger partial charge in [-0.1, -0.05) is 12.1 Å². The van der Waals surface area contributed by atoms with E-state index in [1.807, 2.05) is 0 Å². The van der Waals surface area contributed by atoms with E-state index in [9.17, 15) is 13.6 Å². The van der Waals surface area contributed by atoms with Crippen molar-refractivity contribution >= 4 is 5.78 Å². The average Bonchev–Trinajstić information content (AvgIpc) is 2.57. The molecule has 0 spiro atoms. The van der Waals surface area contributed by atoms with Gasteiger partial charge in [0, 0.05) is 11.6 Å². The molecule has 3 rings (SSSR count). The number of nitrogens with zero attached hydrogens (tertiary/aromatic N) is 2. The van der Waals surface area contributed by atoms with Crippen molar-refractivity contribution in [1.29, 1.82) is 0 Å². The molecule has 0 fully saturated rings. The molecule has 0 aliphatic carbocycles. The van der Waals surface area contributed by atoms with E-state index in [2.05, 4.69) is 4.98 Å². The Labute approximate surface area is 131 Å². The fourth-order valence-corrected chi connectivity index (χ4v) is 2.20. The van der Waals surface area contributed by atoms with Crippen LogP contribution in [0.5, 0.6) is 0 Å². The molecule has 3 nitrogen and oxygen atoms in total. The first-order chi connectivity index (χ1) is 11.1. The van der Waals surface area contributed by atoms with E-state index in [0.29, 0.717) is 16.8 Å². The number of carbonyl (C=O) groups is 1. The number of hydrogen-bond donors (Lipinski definition) is 0. The summed E-state index contributed by atoms with van der Waals surface area (Å²) in [6.07, 6.45) is 3.14. The van der Waals surface area contributed by atoms with Gasteiger partial charge in [0.1, 0.15) is 11.6 Å². The normalized spacial score (nSPS) is 10.5. The van der Waals surface area contributed by atoms with Gasteiger partial charge in [-0.25, -0.2) is 13.3 Å². The molecule has 0 amide bonds. The fourth-order valence-electron chi connectivity index (χ4n) is 2.20. The van der Waals surface area contributed by atoms with Gasteiger partial charge in [-0.3, -0.25) is 4.79 Å². The van der Waals surface area contributed by atoms with Crippen molar-refractivity contribution in [1.82, 2.24) is 4.98 Å². The van der Waals surface area contributed by atoms with Crippen LogP contribution in [-0.4, -0.2) is 10.8 Å². The van der Waals surface area contributed by atoms with Crippen LogP contribution in [0.15, 0.2) is 67.1 Å². The minimum absolute atomic E-state index is 0.0795. The fraction of sp³-hybridized carbons (Fsp3) is 0.0556. The van der Waals surface area contributed by atoms with Crippen molar-refractivity contribution in [3.05, 3.63) is 84.3 Å². The molecule has 3 aromatic rings. The van der Waals surface area contributed by atoms with Crippen LogP contribution in [0, 0.1) is 11.6 Å². The van der Waals surface area contributed by atoms with Gasteiger partial charge in [-0.05, 0) is 41.4 Å². The molecule has 23 heavy (non-hydrogen) atoms. The van der Waals surface area contributed by atoms with E-state index in [0.717, 1.165) is 0 Å². The lowest BCUT2D eigenvalue weighted by Gasteiger charge is -2.01. The summed E-state index contributed by atoms with van der Waals surface area (Å²) in [5, 5.41) is 0. The van der Waals surface area contributed by atoms with Crippen LogP contribution < -0.4 is 4.57 Å². The molecule has 114 valence electrons. The second kappa shape index (κ2) is 6.44. The van der Waals surface area contributed by atoms with Crippen molar-refractivity contribution in [2.45, 2.75) is 6.54 Å². The van der Waals surface area contributed by atoms with Crippen molar-refractivity contribution in [3.8, 4) is 11.3 Å². The Morgan fingerprint density at radius 1 is 1.00 bits per heavy atom. The first-order valence-electron chi connectivity index (χ1n) is 7.02. The highest BCUT2D eigenvalue weighted by atomic mass is 19.1. The van der Waals surface area contributed by atoms with Crippen molar-refractivity contribution in [2.24, 2.45) is 0 Å². The molecular formula is C18H13F2N2O+. The first kappa shape index (κ1) is 15.0. The topological polar surface area (TPSA) is 33.8 Å². The third kappa shape index (κ3) is 3.45. The van der Waals surface area contributed by atoms with E-state index in [1.54, 1.807) is 35.0 Å². The van der Waals surface area contributed by atoms with Crippen LogP contribution >= 0.6 is 0 Å². The van der Waals surface area contributed by atoms with E-state index in [4.69, 9.17) is 0 Å². The van der Waals surface area contributed by atoms with Gasteiger partial charge < -0.3 is 0 Å². The number of hydrogen-bond acceptors (Lipinski definition) is 2. The van der Waals surface area contributed by atoms with Gasteiger partial charge in [0.2, 0.25) is 5.78 Å². The Morgan fingerprint density at radius 3 is 2.39 bits per heavy atom. The third-order valence-corrected chi connectivity index (χ3v) is 3.41. The largest absolute Gasteiger partial charge is 0.290 e. The second-order valence-electron chi connectivity index (χ2n) is 5.03. The summed E-state index contributed by atoms with van der Waals surface area (Å²) in [6, 6.07) is 13.4. The zero-order valence-electron chi connectivity index (χ0n) is 12.1. The van der Waals surface area contributed by atoms with E-state index < -0.39 is 0 Å². The number of carbonyl (C=O) groups excluding carboxylic acids is 1. The summed E-state index contributed by atoms with van der Waals surface area (Å²) in [7, 11) is 0. The number of benzene rings is 2. The molecule has 0 unspecified atom stereocenters. The molecule has 1 heterocycles. The maximum absolute atomic E-state index is 13.7. The molecule has 0 N–H and O–H groups in total. The molecule has 0 atom stereocenters. The predicted molar refractivity (Wildman–Crippen MR) is 80.6 cm³/mol. The lowest BCUT2D eigenvalue weighted by atomic mass is 10.1. The Hall–Kier alpha value is -2.95. The summed E-state index contributed by atoms with van der Waals surface area (Å²) >= 11 is 0. The molecule has 0 aliphatic rings. The summed E-state index contributed by atoms with van der Waals surface area (Å²) < 4.78 is 28.2. The lowest BCUT2D eigenvalue weighted by Crippen LogP contribution is -2.37. The maximum atomic E-state index is 13.7. The standard InChI is InChI=1S/C18H13F2N2O/c19-14-7-5-13(6-8-14)18(23)11-22-10-9-17(21-12-22)15-3-1-2-4-16(15)20/h1-10,12H,11H2/q+1. The molecule has 0 radical (unpaired) electrons. The molecule has 0 aliphatic heterocycles. The Kier molecular flexibility index (Phi) is 4.19. The summed E-state index contributed by atoms with van der Waals surface area (Å²) in [5.41, 5.74) is 1.33. The van der Waals surface area contributed by atoms with Crippen LogP contribution in [0.1, 0.15) is 10.4 Å². The molecule has 0 saturated carbocycles. The number of Topliss-reactive ketones (excluding diaryl/α,β-unsaturated/α-hetero) is 1. The highest BCUT2D eigenvalue weighted by Gasteiger charge is 2.13. The smallest absolute Gasteiger partial charge is 0.287 e. The van der Waals surface area contributed by atoms with Gasteiger partial charge in [0.05, 0.1) is 11.8 Å². The van der Waals surface area contributed by atoms with Crippen LogP contribution in [0.3, 0.4) is 0 Å². The van der Waals surface area contributed by atoms with E-state index in [1.165, 1.54) is 36.7 Å². The van der Waals surface area contributed by atoms with Gasteiger partial charge >= 0.3 is 0 Å². The van der Waals surface area contributed by atoms with Crippen molar-refractivity contribution in [3.63, 3.8) is 0 Å². The molecule has 2 aromatic carbocycles.